The van der Waals surface area contributed by atoms with E-state index in [0.717, 1.165) is 38.7 Å². The SMILES string of the molecule is CSc1nc(Cl)c2sc3nc(-c4ccccc4)c4c(c3c2n1)CCC4. The van der Waals surface area contributed by atoms with Crippen molar-refractivity contribution in [2.45, 2.75) is 24.4 Å². The van der Waals surface area contributed by atoms with Gasteiger partial charge in [0.2, 0.25) is 0 Å². The largest absolute Gasteiger partial charge is 0.236 e. The normalized spacial score (nSPS) is 13.7. The molecule has 3 heterocycles. The third-order valence-electron chi connectivity index (χ3n) is 4.70. The van der Waals surface area contributed by atoms with Gasteiger partial charge in [0.25, 0.3) is 0 Å². The first kappa shape index (κ1) is 15.6. The Hall–Kier alpha value is -1.69. The summed E-state index contributed by atoms with van der Waals surface area (Å²) in [5.41, 5.74) is 6.04. The molecule has 0 aliphatic heterocycles. The van der Waals surface area contributed by atoms with Crippen molar-refractivity contribution in [1.82, 2.24) is 15.0 Å². The van der Waals surface area contributed by atoms with Crippen LogP contribution in [0.1, 0.15) is 17.5 Å². The van der Waals surface area contributed by atoms with E-state index in [-0.39, 0.29) is 0 Å². The summed E-state index contributed by atoms with van der Waals surface area (Å²) in [4.78, 5) is 15.2. The molecule has 0 radical (unpaired) electrons. The molecule has 0 fully saturated rings. The highest BCUT2D eigenvalue weighted by molar-refractivity contribution is 7.98. The van der Waals surface area contributed by atoms with Crippen molar-refractivity contribution in [3.8, 4) is 11.3 Å². The number of pyridine rings is 1. The van der Waals surface area contributed by atoms with Gasteiger partial charge in [-0.25, -0.2) is 15.0 Å². The lowest BCUT2D eigenvalue weighted by Gasteiger charge is -2.09. The monoisotopic (exact) mass is 383 g/mol. The second kappa shape index (κ2) is 5.94. The lowest BCUT2D eigenvalue weighted by molar-refractivity contribution is 0.913. The average Bonchev–Trinajstić information content (AvgIpc) is 3.26. The van der Waals surface area contributed by atoms with Gasteiger partial charge in [0.1, 0.15) is 4.83 Å². The van der Waals surface area contributed by atoms with Gasteiger partial charge in [0.05, 0.1) is 15.9 Å². The van der Waals surface area contributed by atoms with Crippen LogP contribution in [0.15, 0.2) is 35.5 Å². The van der Waals surface area contributed by atoms with Crippen LogP contribution in [0.3, 0.4) is 0 Å². The molecule has 0 atom stereocenters. The fourth-order valence-electron chi connectivity index (χ4n) is 3.64. The molecule has 1 aliphatic rings. The molecule has 6 heteroatoms. The molecule has 0 spiro atoms. The summed E-state index contributed by atoms with van der Waals surface area (Å²) >= 11 is 9.56. The van der Waals surface area contributed by atoms with E-state index in [0.29, 0.717) is 5.15 Å². The van der Waals surface area contributed by atoms with Gasteiger partial charge < -0.3 is 0 Å². The van der Waals surface area contributed by atoms with Gasteiger partial charge in [-0.15, -0.1) is 11.3 Å². The Morgan fingerprint density at radius 1 is 1.04 bits per heavy atom. The molecule has 3 nitrogen and oxygen atoms in total. The molecule has 0 amide bonds. The molecule has 0 bridgehead atoms. The maximum Gasteiger partial charge on any atom is 0.189 e. The smallest absolute Gasteiger partial charge is 0.189 e. The zero-order valence-electron chi connectivity index (χ0n) is 13.5. The van der Waals surface area contributed by atoms with Crippen LogP contribution in [0, 0.1) is 0 Å². The van der Waals surface area contributed by atoms with Gasteiger partial charge in [-0.3, -0.25) is 0 Å². The summed E-state index contributed by atoms with van der Waals surface area (Å²) in [6, 6.07) is 10.5. The number of thioether (sulfide) groups is 1. The second-order valence-electron chi connectivity index (χ2n) is 6.10. The van der Waals surface area contributed by atoms with E-state index < -0.39 is 0 Å². The third kappa shape index (κ3) is 2.37. The fourth-order valence-corrected chi connectivity index (χ4v) is 5.37. The zero-order chi connectivity index (χ0) is 17.0. The molecule has 124 valence electrons. The molecule has 4 aromatic rings. The number of aryl methyl sites for hydroxylation is 1. The number of nitrogens with zero attached hydrogens (tertiary/aromatic N) is 3. The lowest BCUT2D eigenvalue weighted by atomic mass is 10.0. The molecule has 0 unspecified atom stereocenters. The number of benzene rings is 1. The van der Waals surface area contributed by atoms with E-state index in [1.165, 1.54) is 40.3 Å². The van der Waals surface area contributed by atoms with Crippen LogP contribution < -0.4 is 0 Å². The molecule has 1 aliphatic carbocycles. The number of halogens is 1. The lowest BCUT2D eigenvalue weighted by Crippen LogP contribution is -1.94. The third-order valence-corrected chi connectivity index (χ3v) is 6.71. The summed E-state index contributed by atoms with van der Waals surface area (Å²) in [5.74, 6) is 0. The maximum atomic E-state index is 6.44. The number of rotatable bonds is 2. The minimum atomic E-state index is 0.533. The highest BCUT2D eigenvalue weighted by atomic mass is 35.5. The summed E-state index contributed by atoms with van der Waals surface area (Å²) < 4.78 is 0.946. The van der Waals surface area contributed by atoms with E-state index in [1.54, 1.807) is 11.3 Å². The summed E-state index contributed by atoms with van der Waals surface area (Å²) in [7, 11) is 0. The number of hydrogen-bond donors (Lipinski definition) is 0. The van der Waals surface area contributed by atoms with Crippen LogP contribution in [0.4, 0.5) is 0 Å². The quantitative estimate of drug-likeness (QED) is 0.250. The molecule has 25 heavy (non-hydrogen) atoms. The second-order valence-corrected chi connectivity index (χ2v) is 8.23. The van der Waals surface area contributed by atoms with Crippen LogP contribution >= 0.6 is 34.7 Å². The van der Waals surface area contributed by atoms with Gasteiger partial charge in [0, 0.05) is 10.9 Å². The Morgan fingerprint density at radius 3 is 2.64 bits per heavy atom. The molecule has 5 rings (SSSR count). The van der Waals surface area contributed by atoms with Crippen molar-refractivity contribution in [2.75, 3.05) is 6.26 Å². The molecule has 0 saturated heterocycles. The fraction of sp³-hybridized carbons (Fsp3) is 0.211. The van der Waals surface area contributed by atoms with Crippen molar-refractivity contribution in [3.63, 3.8) is 0 Å². The first-order chi connectivity index (χ1) is 12.3. The number of aromatic nitrogens is 3. The van der Waals surface area contributed by atoms with Gasteiger partial charge >= 0.3 is 0 Å². The number of hydrogen-bond acceptors (Lipinski definition) is 5. The topological polar surface area (TPSA) is 38.7 Å². The Labute approximate surface area is 158 Å². The first-order valence-corrected chi connectivity index (χ1v) is 10.6. The van der Waals surface area contributed by atoms with Gasteiger partial charge in [0.15, 0.2) is 10.3 Å². The molecular formula is C19H14ClN3S2. The Balaban J connectivity index is 1.90. The van der Waals surface area contributed by atoms with Gasteiger partial charge in [-0.2, -0.15) is 0 Å². The Kier molecular flexibility index (Phi) is 3.69. The van der Waals surface area contributed by atoms with Crippen LogP contribution in [-0.4, -0.2) is 21.2 Å². The van der Waals surface area contributed by atoms with E-state index in [1.807, 2.05) is 12.3 Å². The average molecular weight is 384 g/mol. The minimum Gasteiger partial charge on any atom is -0.236 e. The Bertz CT molecular complexity index is 1120. The number of thiophene rings is 1. The Morgan fingerprint density at radius 2 is 1.84 bits per heavy atom. The predicted molar refractivity (Wildman–Crippen MR) is 107 cm³/mol. The zero-order valence-corrected chi connectivity index (χ0v) is 15.9. The summed E-state index contributed by atoms with van der Waals surface area (Å²) in [6.45, 7) is 0. The van der Waals surface area contributed by atoms with Crippen LogP contribution in [0.5, 0.6) is 0 Å². The van der Waals surface area contributed by atoms with E-state index >= 15 is 0 Å². The molecule has 3 aromatic heterocycles. The molecule has 0 N–H and O–H groups in total. The molecule has 1 aromatic carbocycles. The van der Waals surface area contributed by atoms with E-state index in [9.17, 15) is 0 Å². The van der Waals surface area contributed by atoms with Crippen molar-refractivity contribution >= 4 is 55.1 Å². The van der Waals surface area contributed by atoms with Crippen molar-refractivity contribution in [2.24, 2.45) is 0 Å². The van der Waals surface area contributed by atoms with Crippen LogP contribution in [0.2, 0.25) is 5.15 Å². The first-order valence-electron chi connectivity index (χ1n) is 8.17. The van der Waals surface area contributed by atoms with Gasteiger partial charge in [-0.1, -0.05) is 53.7 Å². The molecular weight excluding hydrogens is 370 g/mol. The predicted octanol–water partition coefficient (Wildman–Crippen LogP) is 5.77. The highest BCUT2D eigenvalue weighted by Crippen LogP contribution is 2.43. The molecule has 0 saturated carbocycles. The van der Waals surface area contributed by atoms with Crippen LogP contribution in [-0.2, 0) is 12.8 Å². The highest BCUT2D eigenvalue weighted by Gasteiger charge is 2.25. The van der Waals surface area contributed by atoms with E-state index in [2.05, 4.69) is 29.2 Å². The maximum absolute atomic E-state index is 6.44. The van der Waals surface area contributed by atoms with Crippen molar-refractivity contribution in [3.05, 3.63) is 46.6 Å². The van der Waals surface area contributed by atoms with Crippen LogP contribution in [0.25, 0.3) is 31.7 Å². The summed E-state index contributed by atoms with van der Waals surface area (Å²) in [6.07, 6.45) is 5.30. The van der Waals surface area contributed by atoms with Crippen molar-refractivity contribution < 1.29 is 0 Å². The van der Waals surface area contributed by atoms with Gasteiger partial charge in [-0.05, 0) is 36.6 Å². The minimum absolute atomic E-state index is 0.533. The number of fused-ring (bicyclic) bond motifs is 5. The van der Waals surface area contributed by atoms with Crippen molar-refractivity contribution in [1.29, 1.82) is 0 Å². The van der Waals surface area contributed by atoms with E-state index in [4.69, 9.17) is 21.6 Å². The standard InChI is InChI=1S/C19H14ClN3S2/c1-24-19-22-15-13-11-8-5-9-12(11)14(10-6-3-2-4-7-10)21-18(13)25-16(15)17(20)23-19/h2-4,6-7H,5,8-9H2,1H3. The summed E-state index contributed by atoms with van der Waals surface area (Å²) in [5, 5.41) is 2.44.